The Morgan fingerprint density at radius 3 is 2.77 bits per heavy atom. The minimum atomic E-state index is -1.11. The number of aromatic carboxylic acids is 1. The Balaban J connectivity index is 1.94. The van der Waals surface area contributed by atoms with Gasteiger partial charge >= 0.3 is 5.97 Å². The van der Waals surface area contributed by atoms with Crippen molar-refractivity contribution >= 4 is 34.5 Å². The van der Waals surface area contributed by atoms with Gasteiger partial charge in [-0.1, -0.05) is 31.0 Å². The summed E-state index contributed by atoms with van der Waals surface area (Å²) in [5.74, 6) is -2.63. The standard InChI is InChI=1S/C22H18ClF2N3O2/c1-3-4-14-10-15(11(2)26-14)16-8-13(24)9-17(25)19(16)20-21(23)28-6-5-12(22(29)30)7-18(28)27-20/h5-10,14H,3-4H2,1-2H3,(H,29,30). The first kappa shape index (κ1) is 20.2. The molecule has 4 rings (SSSR count). The predicted molar refractivity (Wildman–Crippen MR) is 112 cm³/mol. The molecule has 0 aliphatic carbocycles. The number of hydrogen-bond donors (Lipinski definition) is 1. The van der Waals surface area contributed by atoms with E-state index in [1.165, 1.54) is 28.8 Å². The molecule has 0 fully saturated rings. The number of aromatic nitrogens is 2. The Hall–Kier alpha value is -3.06. The third-order valence-corrected chi connectivity index (χ3v) is 5.45. The van der Waals surface area contributed by atoms with Gasteiger partial charge in [-0.25, -0.2) is 18.6 Å². The van der Waals surface area contributed by atoms with Crippen LogP contribution in [0.25, 0.3) is 22.5 Å². The highest BCUT2D eigenvalue weighted by Gasteiger charge is 2.26. The van der Waals surface area contributed by atoms with E-state index in [2.05, 4.69) is 9.98 Å². The molecule has 30 heavy (non-hydrogen) atoms. The van der Waals surface area contributed by atoms with Crippen LogP contribution in [0.4, 0.5) is 8.78 Å². The summed E-state index contributed by atoms with van der Waals surface area (Å²) in [6, 6.07) is 4.71. The normalized spacial score (nSPS) is 16.1. The van der Waals surface area contributed by atoms with Gasteiger partial charge in [0.1, 0.15) is 28.1 Å². The first-order valence-electron chi connectivity index (χ1n) is 9.47. The zero-order valence-corrected chi connectivity index (χ0v) is 17.0. The highest BCUT2D eigenvalue weighted by molar-refractivity contribution is 6.33. The lowest BCUT2D eigenvalue weighted by Crippen LogP contribution is -2.00. The highest BCUT2D eigenvalue weighted by Crippen LogP contribution is 2.38. The van der Waals surface area contributed by atoms with Gasteiger partial charge in [-0.3, -0.25) is 9.39 Å². The van der Waals surface area contributed by atoms with Crippen LogP contribution < -0.4 is 0 Å². The van der Waals surface area contributed by atoms with Crippen LogP contribution in [0.2, 0.25) is 5.15 Å². The van der Waals surface area contributed by atoms with Crippen molar-refractivity contribution in [2.45, 2.75) is 32.7 Å². The quantitative estimate of drug-likeness (QED) is 0.569. The van der Waals surface area contributed by atoms with Crippen LogP contribution in [-0.2, 0) is 0 Å². The Kier molecular flexibility index (Phi) is 5.15. The van der Waals surface area contributed by atoms with Crippen LogP contribution in [0.5, 0.6) is 0 Å². The lowest BCUT2D eigenvalue weighted by Gasteiger charge is -2.11. The number of rotatable bonds is 5. The molecule has 154 valence electrons. The molecule has 3 aromatic rings. The molecule has 1 aliphatic rings. The van der Waals surface area contributed by atoms with Crippen LogP contribution in [0, 0.1) is 11.6 Å². The first-order chi connectivity index (χ1) is 14.3. The van der Waals surface area contributed by atoms with Crippen LogP contribution in [0.3, 0.4) is 0 Å². The number of pyridine rings is 1. The van der Waals surface area contributed by atoms with Gasteiger partial charge in [0, 0.05) is 29.1 Å². The molecule has 1 unspecified atom stereocenters. The Bertz CT molecular complexity index is 1250. The van der Waals surface area contributed by atoms with Crippen LogP contribution in [0.1, 0.15) is 42.6 Å². The van der Waals surface area contributed by atoms with Gasteiger partial charge in [0.2, 0.25) is 0 Å². The molecule has 2 aromatic heterocycles. The number of carbonyl (C=O) groups is 1. The average molecular weight is 430 g/mol. The number of fused-ring (bicyclic) bond motifs is 1. The molecular weight excluding hydrogens is 412 g/mol. The molecule has 0 saturated carbocycles. The molecular formula is C22H18ClF2N3O2. The second kappa shape index (κ2) is 7.65. The van der Waals surface area contributed by atoms with Crippen molar-refractivity contribution < 1.29 is 18.7 Å². The van der Waals surface area contributed by atoms with E-state index >= 15 is 4.39 Å². The lowest BCUT2D eigenvalue weighted by atomic mass is 9.94. The summed E-state index contributed by atoms with van der Waals surface area (Å²) in [5.41, 5.74) is 2.09. The van der Waals surface area contributed by atoms with Gasteiger partial charge < -0.3 is 5.11 Å². The van der Waals surface area contributed by atoms with Crippen LogP contribution >= 0.6 is 11.6 Å². The molecule has 8 heteroatoms. The Labute approximate surface area is 176 Å². The van der Waals surface area contributed by atoms with Crippen LogP contribution in [-0.4, -0.2) is 32.2 Å². The van der Waals surface area contributed by atoms with Gasteiger partial charge in [-0.2, -0.15) is 0 Å². The van der Waals surface area contributed by atoms with E-state index < -0.39 is 17.6 Å². The monoisotopic (exact) mass is 429 g/mol. The minimum absolute atomic E-state index is 0.0272. The first-order valence-corrected chi connectivity index (χ1v) is 9.85. The summed E-state index contributed by atoms with van der Waals surface area (Å²) >= 11 is 6.47. The molecule has 1 aliphatic heterocycles. The zero-order valence-electron chi connectivity index (χ0n) is 16.3. The van der Waals surface area contributed by atoms with E-state index in [4.69, 9.17) is 11.6 Å². The maximum Gasteiger partial charge on any atom is 0.335 e. The van der Waals surface area contributed by atoms with Crippen molar-refractivity contribution in [2.75, 3.05) is 0 Å². The summed E-state index contributed by atoms with van der Waals surface area (Å²) in [6.07, 6.45) is 5.13. The maximum atomic E-state index is 15.0. The number of benzene rings is 1. The number of carboxylic acids is 1. The summed E-state index contributed by atoms with van der Waals surface area (Å²) in [6.45, 7) is 3.85. The Morgan fingerprint density at radius 2 is 2.07 bits per heavy atom. The van der Waals surface area contributed by atoms with Crippen molar-refractivity contribution in [1.29, 1.82) is 0 Å². The van der Waals surface area contributed by atoms with Gasteiger partial charge in [0.05, 0.1) is 11.6 Å². The number of allylic oxidation sites excluding steroid dienone is 1. The van der Waals surface area contributed by atoms with Crippen molar-refractivity contribution in [3.63, 3.8) is 0 Å². The van der Waals surface area contributed by atoms with Gasteiger partial charge in [0.25, 0.3) is 0 Å². The number of imidazole rings is 1. The van der Waals surface area contributed by atoms with Crippen LogP contribution in [0.15, 0.2) is 41.5 Å². The van der Waals surface area contributed by atoms with Crippen molar-refractivity contribution in [3.8, 4) is 11.3 Å². The minimum Gasteiger partial charge on any atom is -0.478 e. The van der Waals surface area contributed by atoms with Gasteiger partial charge in [-0.15, -0.1) is 0 Å². The number of aliphatic imine (C=N–C) groups is 1. The van der Waals surface area contributed by atoms with Crippen molar-refractivity contribution in [1.82, 2.24) is 9.38 Å². The fraction of sp³-hybridized carbons (Fsp3) is 0.227. The van der Waals surface area contributed by atoms with Gasteiger partial charge in [-0.05, 0) is 37.1 Å². The molecule has 3 heterocycles. The lowest BCUT2D eigenvalue weighted by molar-refractivity contribution is 0.0697. The molecule has 0 spiro atoms. The molecule has 0 saturated heterocycles. The maximum absolute atomic E-state index is 15.0. The number of nitrogens with zero attached hydrogens (tertiary/aromatic N) is 3. The fourth-order valence-corrected chi connectivity index (χ4v) is 4.01. The molecule has 1 atom stereocenters. The zero-order chi connectivity index (χ0) is 21.6. The second-order valence-corrected chi connectivity index (χ2v) is 7.52. The third kappa shape index (κ3) is 3.39. The van der Waals surface area contributed by atoms with E-state index in [0.717, 1.165) is 18.9 Å². The molecule has 0 radical (unpaired) electrons. The van der Waals surface area contributed by atoms with E-state index in [0.29, 0.717) is 16.8 Å². The van der Waals surface area contributed by atoms with E-state index in [-0.39, 0.29) is 33.7 Å². The topological polar surface area (TPSA) is 67.0 Å². The largest absolute Gasteiger partial charge is 0.478 e. The Morgan fingerprint density at radius 1 is 1.30 bits per heavy atom. The summed E-state index contributed by atoms with van der Waals surface area (Å²) in [7, 11) is 0. The van der Waals surface area contributed by atoms with Crippen molar-refractivity contribution in [3.05, 3.63) is 64.5 Å². The molecule has 1 N–H and O–H groups in total. The third-order valence-electron chi connectivity index (χ3n) is 5.09. The number of halogens is 3. The smallest absolute Gasteiger partial charge is 0.335 e. The number of hydrogen-bond acceptors (Lipinski definition) is 3. The van der Waals surface area contributed by atoms with Crippen molar-refractivity contribution in [2.24, 2.45) is 4.99 Å². The van der Waals surface area contributed by atoms with E-state index in [1.54, 1.807) is 6.92 Å². The summed E-state index contributed by atoms with van der Waals surface area (Å²) in [5, 5.41) is 9.31. The summed E-state index contributed by atoms with van der Waals surface area (Å²) < 4.78 is 30.7. The summed E-state index contributed by atoms with van der Waals surface area (Å²) in [4.78, 5) is 20.2. The second-order valence-electron chi connectivity index (χ2n) is 7.16. The predicted octanol–water partition coefficient (Wildman–Crippen LogP) is 5.66. The molecule has 1 aromatic carbocycles. The molecule has 0 amide bonds. The highest BCUT2D eigenvalue weighted by atomic mass is 35.5. The van der Waals surface area contributed by atoms with E-state index in [9.17, 15) is 14.3 Å². The fourth-order valence-electron chi connectivity index (χ4n) is 3.73. The van der Waals surface area contributed by atoms with Gasteiger partial charge in [0.15, 0.2) is 0 Å². The SMILES string of the molecule is CCCC1C=C(c2cc(F)cc(F)c2-c2nc3cc(C(=O)O)ccn3c2Cl)C(C)=N1. The molecule has 0 bridgehead atoms. The van der Waals surface area contributed by atoms with E-state index in [1.807, 2.05) is 13.0 Å². The average Bonchev–Trinajstić information content (AvgIpc) is 3.21. The molecule has 5 nitrogen and oxygen atoms in total. The number of carboxylic acid groups (broad SMARTS) is 1.